The fraction of sp³-hybridized carbons (Fsp3) is 0.250. The summed E-state index contributed by atoms with van der Waals surface area (Å²) in [6.07, 6.45) is 1.65. The quantitative estimate of drug-likeness (QED) is 0.301. The molecule has 0 bridgehead atoms. The topological polar surface area (TPSA) is 138 Å². The lowest BCUT2D eigenvalue weighted by molar-refractivity contribution is -0.384. The number of halogens is 1. The first-order valence-electron chi connectivity index (χ1n) is 10.4. The van der Waals surface area contributed by atoms with Gasteiger partial charge in [0.25, 0.3) is 5.69 Å². The molecule has 2 aromatic rings. The van der Waals surface area contributed by atoms with Crippen LogP contribution in [0.25, 0.3) is 0 Å². The predicted octanol–water partition coefficient (Wildman–Crippen LogP) is 4.60. The molecular formula is C24H20IN3O6. The number of nitro benzene ring substituents is 1. The van der Waals surface area contributed by atoms with Crippen LogP contribution in [0.2, 0.25) is 0 Å². The van der Waals surface area contributed by atoms with Gasteiger partial charge in [0.2, 0.25) is 5.88 Å². The van der Waals surface area contributed by atoms with Crippen LogP contribution in [0.3, 0.4) is 0 Å². The Morgan fingerprint density at radius 1 is 1.29 bits per heavy atom. The van der Waals surface area contributed by atoms with Crippen molar-refractivity contribution in [3.63, 3.8) is 0 Å². The van der Waals surface area contributed by atoms with Gasteiger partial charge in [-0.05, 0) is 64.4 Å². The summed E-state index contributed by atoms with van der Waals surface area (Å²) in [5.41, 5.74) is 8.12. The number of rotatable bonds is 6. The molecule has 0 saturated heterocycles. The molecule has 0 spiro atoms. The molecule has 4 rings (SSSR count). The van der Waals surface area contributed by atoms with Crippen LogP contribution in [0.5, 0.6) is 11.5 Å². The molecule has 0 fully saturated rings. The van der Waals surface area contributed by atoms with Crippen molar-refractivity contribution in [3.8, 4) is 17.6 Å². The number of allylic oxidation sites excluding steroid dienone is 3. The second-order valence-electron chi connectivity index (χ2n) is 7.78. The number of hydrogen-bond donors (Lipinski definition) is 1. The van der Waals surface area contributed by atoms with Crippen molar-refractivity contribution in [1.82, 2.24) is 0 Å². The van der Waals surface area contributed by atoms with E-state index in [-0.39, 0.29) is 29.5 Å². The summed E-state index contributed by atoms with van der Waals surface area (Å²) >= 11 is 2.11. The zero-order valence-corrected chi connectivity index (χ0v) is 20.3. The van der Waals surface area contributed by atoms with E-state index >= 15 is 0 Å². The standard InChI is InChI=1S/C24H20IN3O6/c1-32-20-10-14(21-16(11-26)24(27)34-19-4-2-3-18(29)22(19)21)9-17(25)23(20)33-12-13-5-7-15(8-6-13)28(30)31/h5-10,21H,2-4,12,27H2,1H3. The fourth-order valence-electron chi connectivity index (χ4n) is 4.11. The van der Waals surface area contributed by atoms with Gasteiger partial charge in [-0.25, -0.2) is 0 Å². The van der Waals surface area contributed by atoms with E-state index in [2.05, 4.69) is 28.7 Å². The monoisotopic (exact) mass is 573 g/mol. The summed E-state index contributed by atoms with van der Waals surface area (Å²) in [4.78, 5) is 23.2. The maximum atomic E-state index is 12.8. The molecule has 1 unspecified atom stereocenters. The largest absolute Gasteiger partial charge is 0.493 e. The van der Waals surface area contributed by atoms with Crippen molar-refractivity contribution in [2.75, 3.05) is 7.11 Å². The van der Waals surface area contributed by atoms with Gasteiger partial charge in [-0.2, -0.15) is 5.26 Å². The van der Waals surface area contributed by atoms with E-state index in [0.717, 1.165) is 5.56 Å². The maximum absolute atomic E-state index is 12.8. The third-order valence-electron chi connectivity index (χ3n) is 5.72. The molecule has 0 amide bonds. The molecule has 2 aliphatic rings. The first-order chi connectivity index (χ1) is 16.3. The van der Waals surface area contributed by atoms with Crippen molar-refractivity contribution < 1.29 is 23.9 Å². The normalized spacial score (nSPS) is 17.6. The molecule has 1 heterocycles. The Labute approximate surface area is 209 Å². The van der Waals surface area contributed by atoms with Gasteiger partial charge in [0.15, 0.2) is 17.3 Å². The highest BCUT2D eigenvalue weighted by molar-refractivity contribution is 14.1. The molecule has 2 aromatic carbocycles. The average Bonchev–Trinajstić information content (AvgIpc) is 2.82. The summed E-state index contributed by atoms with van der Waals surface area (Å²) in [6.45, 7) is 0.172. The zero-order valence-electron chi connectivity index (χ0n) is 18.2. The third-order valence-corrected chi connectivity index (χ3v) is 6.52. The van der Waals surface area contributed by atoms with Gasteiger partial charge in [0.05, 0.1) is 21.5 Å². The van der Waals surface area contributed by atoms with Crippen LogP contribution in [-0.2, 0) is 16.1 Å². The molecule has 1 aliphatic heterocycles. The van der Waals surface area contributed by atoms with Crippen LogP contribution < -0.4 is 15.2 Å². The Morgan fingerprint density at radius 2 is 2.03 bits per heavy atom. The van der Waals surface area contributed by atoms with Crippen LogP contribution >= 0.6 is 22.6 Å². The Morgan fingerprint density at radius 3 is 2.68 bits per heavy atom. The molecule has 34 heavy (non-hydrogen) atoms. The van der Waals surface area contributed by atoms with Crippen molar-refractivity contribution in [2.45, 2.75) is 31.8 Å². The maximum Gasteiger partial charge on any atom is 0.269 e. The summed E-state index contributed by atoms with van der Waals surface area (Å²) < 4.78 is 17.9. The molecule has 0 aromatic heterocycles. The van der Waals surface area contributed by atoms with Crippen LogP contribution in [0.1, 0.15) is 36.3 Å². The third kappa shape index (κ3) is 4.43. The van der Waals surface area contributed by atoms with Gasteiger partial charge in [-0.1, -0.05) is 0 Å². The highest BCUT2D eigenvalue weighted by atomic mass is 127. The lowest BCUT2D eigenvalue weighted by atomic mass is 9.77. The number of carbonyl (C=O) groups is 1. The SMILES string of the molecule is COc1cc(C2C(C#N)=C(N)OC3=C2C(=O)CCC3)cc(I)c1OCc1ccc([N+](=O)[O-])cc1. The van der Waals surface area contributed by atoms with Gasteiger partial charge in [0.1, 0.15) is 24.0 Å². The molecule has 1 aliphatic carbocycles. The predicted molar refractivity (Wildman–Crippen MR) is 130 cm³/mol. The number of Topliss-reactive ketones (excluding diaryl/α,β-unsaturated/α-hetero) is 1. The molecule has 10 heteroatoms. The summed E-state index contributed by atoms with van der Waals surface area (Å²) in [5.74, 6) is 0.735. The summed E-state index contributed by atoms with van der Waals surface area (Å²) in [6, 6.07) is 11.8. The highest BCUT2D eigenvalue weighted by Crippen LogP contribution is 2.46. The minimum absolute atomic E-state index is 0.00304. The van der Waals surface area contributed by atoms with Gasteiger partial charge in [0, 0.05) is 30.5 Å². The number of hydrogen-bond acceptors (Lipinski definition) is 8. The first-order valence-corrected chi connectivity index (χ1v) is 11.5. The summed E-state index contributed by atoms with van der Waals surface area (Å²) in [5, 5.41) is 20.6. The van der Waals surface area contributed by atoms with E-state index < -0.39 is 10.8 Å². The lowest BCUT2D eigenvalue weighted by Gasteiger charge is -2.31. The fourth-order valence-corrected chi connectivity index (χ4v) is 4.89. The van der Waals surface area contributed by atoms with E-state index in [0.29, 0.717) is 51.2 Å². The molecular weight excluding hydrogens is 553 g/mol. The molecule has 0 saturated carbocycles. The van der Waals surface area contributed by atoms with E-state index in [1.165, 1.54) is 19.2 Å². The number of non-ortho nitro benzene ring substituents is 1. The second-order valence-corrected chi connectivity index (χ2v) is 8.95. The molecule has 0 radical (unpaired) electrons. The first kappa shape index (κ1) is 23.6. The Kier molecular flexibility index (Phi) is 6.74. The number of nitrogens with two attached hydrogens (primary N) is 1. The van der Waals surface area contributed by atoms with E-state index in [1.54, 1.807) is 18.2 Å². The van der Waals surface area contributed by atoms with Crippen molar-refractivity contribution >= 4 is 34.1 Å². The second kappa shape index (κ2) is 9.72. The van der Waals surface area contributed by atoms with Crippen molar-refractivity contribution in [1.29, 1.82) is 5.26 Å². The zero-order chi connectivity index (χ0) is 24.4. The van der Waals surface area contributed by atoms with Gasteiger partial charge in [-0.3, -0.25) is 14.9 Å². The average molecular weight is 573 g/mol. The van der Waals surface area contributed by atoms with E-state index in [9.17, 15) is 20.2 Å². The van der Waals surface area contributed by atoms with Gasteiger partial charge < -0.3 is 19.9 Å². The molecule has 9 nitrogen and oxygen atoms in total. The molecule has 174 valence electrons. The lowest BCUT2D eigenvalue weighted by Crippen LogP contribution is -2.27. The number of benzene rings is 2. The number of carbonyl (C=O) groups excluding carboxylic acids is 1. The number of nitrogens with zero attached hydrogens (tertiary/aromatic N) is 2. The minimum Gasteiger partial charge on any atom is -0.493 e. The van der Waals surface area contributed by atoms with E-state index in [1.807, 2.05) is 6.07 Å². The Balaban J connectivity index is 1.68. The van der Waals surface area contributed by atoms with Gasteiger partial charge >= 0.3 is 0 Å². The summed E-state index contributed by atoms with van der Waals surface area (Å²) in [7, 11) is 1.50. The van der Waals surface area contributed by atoms with Gasteiger partial charge in [-0.15, -0.1) is 0 Å². The Bertz CT molecular complexity index is 1280. The number of ether oxygens (including phenoxy) is 3. The van der Waals surface area contributed by atoms with Crippen LogP contribution in [0.4, 0.5) is 5.69 Å². The number of ketones is 1. The van der Waals surface area contributed by atoms with Crippen LogP contribution in [0.15, 0.2) is 59.2 Å². The van der Waals surface area contributed by atoms with Crippen molar-refractivity contribution in [2.24, 2.45) is 5.73 Å². The Hall–Kier alpha value is -3.59. The van der Waals surface area contributed by atoms with Crippen LogP contribution in [0, 0.1) is 25.0 Å². The number of methoxy groups -OCH3 is 1. The molecule has 2 N–H and O–H groups in total. The highest BCUT2D eigenvalue weighted by Gasteiger charge is 2.38. The van der Waals surface area contributed by atoms with Crippen molar-refractivity contribution in [3.05, 3.63) is 84.0 Å². The minimum atomic E-state index is -0.646. The smallest absolute Gasteiger partial charge is 0.269 e. The number of nitriles is 1. The molecule has 1 atom stereocenters. The number of nitro groups is 1. The van der Waals surface area contributed by atoms with Crippen LogP contribution in [-0.4, -0.2) is 17.8 Å². The van der Waals surface area contributed by atoms with E-state index in [4.69, 9.17) is 19.9 Å².